The second kappa shape index (κ2) is 4.25. The number of rotatable bonds is 3. The maximum Gasteiger partial charge on any atom is 0.308 e. The Morgan fingerprint density at radius 2 is 2.20 bits per heavy atom. The van der Waals surface area contributed by atoms with E-state index in [0.29, 0.717) is 5.56 Å². The Morgan fingerprint density at radius 3 is 2.87 bits per heavy atom. The van der Waals surface area contributed by atoms with E-state index >= 15 is 0 Å². The molecule has 1 aromatic rings. The van der Waals surface area contributed by atoms with Crippen LogP contribution in [0.5, 0.6) is 0 Å². The molecule has 1 aliphatic rings. The largest absolute Gasteiger partial charge is 0.481 e. The summed E-state index contributed by atoms with van der Waals surface area (Å²) in [6.07, 6.45) is 5.35. The van der Waals surface area contributed by atoms with Crippen molar-refractivity contribution in [1.29, 1.82) is 0 Å². The predicted molar refractivity (Wildman–Crippen MR) is 54.8 cm³/mol. The van der Waals surface area contributed by atoms with Gasteiger partial charge in [0.05, 0.1) is 6.42 Å². The van der Waals surface area contributed by atoms with Crippen LogP contribution in [0.1, 0.15) is 18.4 Å². The minimum Gasteiger partial charge on any atom is -0.481 e. The third-order valence-corrected chi connectivity index (χ3v) is 2.51. The van der Waals surface area contributed by atoms with Crippen LogP contribution in [0.2, 0.25) is 0 Å². The lowest BCUT2D eigenvalue weighted by molar-refractivity contribution is -0.136. The molecule has 80 valence electrons. The van der Waals surface area contributed by atoms with E-state index in [1.165, 1.54) is 6.33 Å². The summed E-state index contributed by atoms with van der Waals surface area (Å²) in [5.74, 6) is -0.0600. The first-order valence-corrected chi connectivity index (χ1v) is 5.03. The lowest BCUT2D eigenvalue weighted by Gasteiger charge is -2.18. The fourth-order valence-electron chi connectivity index (χ4n) is 1.85. The Morgan fingerprint density at radius 1 is 1.47 bits per heavy atom. The van der Waals surface area contributed by atoms with Gasteiger partial charge in [-0.2, -0.15) is 0 Å². The molecule has 1 saturated heterocycles. The first-order chi connectivity index (χ1) is 7.27. The van der Waals surface area contributed by atoms with Crippen molar-refractivity contribution in [2.45, 2.75) is 19.3 Å². The molecule has 15 heavy (non-hydrogen) atoms. The molecule has 0 atom stereocenters. The van der Waals surface area contributed by atoms with E-state index in [1.54, 1.807) is 6.20 Å². The molecule has 2 heterocycles. The van der Waals surface area contributed by atoms with Crippen molar-refractivity contribution < 1.29 is 9.90 Å². The predicted octanol–water partition coefficient (Wildman–Crippen LogP) is 0.704. The first kappa shape index (κ1) is 9.89. The maximum absolute atomic E-state index is 10.7. The molecule has 5 nitrogen and oxygen atoms in total. The summed E-state index contributed by atoms with van der Waals surface area (Å²) in [6, 6.07) is 0. The first-order valence-electron chi connectivity index (χ1n) is 5.03. The SMILES string of the molecule is O=C(O)Cc1cncnc1N1CCCC1. The molecule has 0 amide bonds. The molecule has 5 heteroatoms. The second-order valence-corrected chi connectivity index (χ2v) is 3.64. The van der Waals surface area contributed by atoms with Crippen LogP contribution in [0.3, 0.4) is 0 Å². The van der Waals surface area contributed by atoms with Gasteiger partial charge in [-0.3, -0.25) is 4.79 Å². The van der Waals surface area contributed by atoms with Gasteiger partial charge in [-0.1, -0.05) is 0 Å². The quantitative estimate of drug-likeness (QED) is 0.790. The van der Waals surface area contributed by atoms with E-state index in [4.69, 9.17) is 5.11 Å². The molecular weight excluding hydrogens is 194 g/mol. The highest BCUT2D eigenvalue weighted by molar-refractivity contribution is 5.72. The molecule has 1 fully saturated rings. The summed E-state index contributed by atoms with van der Waals surface area (Å²) in [4.78, 5) is 20.8. The second-order valence-electron chi connectivity index (χ2n) is 3.64. The molecule has 0 unspecified atom stereocenters. The maximum atomic E-state index is 10.7. The van der Waals surface area contributed by atoms with Crippen LogP contribution in [0.4, 0.5) is 5.82 Å². The van der Waals surface area contributed by atoms with Gasteiger partial charge in [0.1, 0.15) is 12.1 Å². The van der Waals surface area contributed by atoms with Crippen molar-refractivity contribution in [3.8, 4) is 0 Å². The van der Waals surface area contributed by atoms with Crippen LogP contribution in [-0.2, 0) is 11.2 Å². The van der Waals surface area contributed by atoms with Gasteiger partial charge < -0.3 is 10.0 Å². The van der Waals surface area contributed by atoms with Gasteiger partial charge in [-0.15, -0.1) is 0 Å². The highest BCUT2D eigenvalue weighted by atomic mass is 16.4. The van der Waals surface area contributed by atoms with E-state index in [-0.39, 0.29) is 6.42 Å². The Hall–Kier alpha value is -1.65. The van der Waals surface area contributed by atoms with E-state index in [2.05, 4.69) is 14.9 Å². The number of carboxylic acid groups (broad SMARTS) is 1. The minimum atomic E-state index is -0.842. The number of hydrogen-bond donors (Lipinski definition) is 1. The van der Waals surface area contributed by atoms with Crippen molar-refractivity contribution in [1.82, 2.24) is 9.97 Å². The van der Waals surface area contributed by atoms with Gasteiger partial charge in [0, 0.05) is 24.8 Å². The summed E-state index contributed by atoms with van der Waals surface area (Å²) in [7, 11) is 0. The average Bonchev–Trinajstić information content (AvgIpc) is 2.70. The van der Waals surface area contributed by atoms with Gasteiger partial charge in [0.2, 0.25) is 0 Å². The van der Waals surface area contributed by atoms with Gasteiger partial charge >= 0.3 is 5.97 Å². The zero-order valence-electron chi connectivity index (χ0n) is 8.39. The standard InChI is InChI=1S/C10H13N3O2/c14-9(15)5-8-6-11-7-12-10(8)13-3-1-2-4-13/h6-7H,1-5H2,(H,14,15). The third kappa shape index (κ3) is 2.23. The average molecular weight is 207 g/mol. The van der Waals surface area contributed by atoms with Gasteiger partial charge in [-0.25, -0.2) is 9.97 Å². The zero-order valence-corrected chi connectivity index (χ0v) is 8.39. The Balaban J connectivity index is 2.24. The van der Waals surface area contributed by atoms with Gasteiger partial charge in [0.25, 0.3) is 0 Å². The number of carboxylic acids is 1. The van der Waals surface area contributed by atoms with Crippen molar-refractivity contribution in [3.63, 3.8) is 0 Å². The number of carbonyl (C=O) groups is 1. The Kier molecular flexibility index (Phi) is 2.80. The zero-order chi connectivity index (χ0) is 10.7. The number of aromatic nitrogens is 2. The highest BCUT2D eigenvalue weighted by Gasteiger charge is 2.18. The molecule has 0 radical (unpaired) electrons. The number of nitrogens with zero attached hydrogens (tertiary/aromatic N) is 3. The van der Waals surface area contributed by atoms with Crippen LogP contribution in [-0.4, -0.2) is 34.1 Å². The lowest BCUT2D eigenvalue weighted by atomic mass is 10.2. The third-order valence-electron chi connectivity index (χ3n) is 2.51. The molecular formula is C10H13N3O2. The van der Waals surface area contributed by atoms with E-state index in [1.807, 2.05) is 0 Å². The van der Waals surface area contributed by atoms with E-state index in [0.717, 1.165) is 31.7 Å². The molecule has 1 aliphatic heterocycles. The van der Waals surface area contributed by atoms with Gasteiger partial charge in [-0.05, 0) is 12.8 Å². The molecule has 0 saturated carbocycles. The summed E-state index contributed by atoms with van der Waals surface area (Å²) < 4.78 is 0. The summed E-state index contributed by atoms with van der Waals surface area (Å²) in [5.41, 5.74) is 0.701. The van der Waals surface area contributed by atoms with Gasteiger partial charge in [0.15, 0.2) is 0 Å². The Bertz CT molecular complexity index is 361. The number of aliphatic carboxylic acids is 1. The van der Waals surface area contributed by atoms with Crippen molar-refractivity contribution in [2.75, 3.05) is 18.0 Å². The lowest BCUT2D eigenvalue weighted by Crippen LogP contribution is -2.21. The summed E-state index contributed by atoms with van der Waals surface area (Å²) in [5, 5.41) is 8.76. The summed E-state index contributed by atoms with van der Waals surface area (Å²) in [6.45, 7) is 1.92. The number of hydrogen-bond acceptors (Lipinski definition) is 4. The summed E-state index contributed by atoms with van der Waals surface area (Å²) >= 11 is 0. The smallest absolute Gasteiger partial charge is 0.308 e. The molecule has 1 N–H and O–H groups in total. The molecule has 0 bridgehead atoms. The minimum absolute atomic E-state index is 0.00727. The van der Waals surface area contributed by atoms with Crippen molar-refractivity contribution in [3.05, 3.63) is 18.1 Å². The molecule has 0 aliphatic carbocycles. The van der Waals surface area contributed by atoms with Crippen LogP contribution in [0.15, 0.2) is 12.5 Å². The highest BCUT2D eigenvalue weighted by Crippen LogP contribution is 2.21. The topological polar surface area (TPSA) is 66.3 Å². The fraction of sp³-hybridized carbons (Fsp3) is 0.500. The van der Waals surface area contributed by atoms with E-state index < -0.39 is 5.97 Å². The van der Waals surface area contributed by atoms with Crippen LogP contribution in [0.25, 0.3) is 0 Å². The van der Waals surface area contributed by atoms with Crippen molar-refractivity contribution >= 4 is 11.8 Å². The Labute approximate surface area is 87.8 Å². The monoisotopic (exact) mass is 207 g/mol. The van der Waals surface area contributed by atoms with Crippen LogP contribution < -0.4 is 4.90 Å². The normalized spacial score (nSPS) is 15.6. The molecule has 0 aromatic carbocycles. The molecule has 2 rings (SSSR count). The van der Waals surface area contributed by atoms with Crippen LogP contribution >= 0.6 is 0 Å². The van der Waals surface area contributed by atoms with Crippen molar-refractivity contribution in [2.24, 2.45) is 0 Å². The van der Waals surface area contributed by atoms with E-state index in [9.17, 15) is 4.79 Å². The fourth-order valence-corrected chi connectivity index (χ4v) is 1.85. The van der Waals surface area contributed by atoms with Crippen LogP contribution in [0, 0.1) is 0 Å². The molecule has 0 spiro atoms. The number of anilines is 1. The molecule has 1 aromatic heterocycles.